The largest absolute Gasteiger partial charge is 0.121 e. The van der Waals surface area contributed by atoms with Gasteiger partial charge in [-0.05, 0) is 56.3 Å². The third kappa shape index (κ3) is 6.75. The highest BCUT2D eigenvalue weighted by atomic mass is 79.9. The van der Waals surface area contributed by atoms with Crippen molar-refractivity contribution in [1.82, 2.24) is 0 Å². The van der Waals surface area contributed by atoms with Crippen LogP contribution in [0.25, 0.3) is 0 Å². The molecule has 0 nitrogen and oxygen atoms in total. The van der Waals surface area contributed by atoms with Crippen LogP contribution in [0.3, 0.4) is 0 Å². The van der Waals surface area contributed by atoms with Gasteiger partial charge in [0.05, 0.1) is 7.57 Å². The lowest BCUT2D eigenvalue weighted by molar-refractivity contribution is 0.667. The van der Waals surface area contributed by atoms with Crippen molar-refractivity contribution in [3.63, 3.8) is 0 Å². The van der Waals surface area contributed by atoms with Crippen LogP contribution in [-0.2, 0) is 6.42 Å². The molecule has 0 atom stereocenters. The Morgan fingerprint density at radius 2 is 1.80 bits per heavy atom. The number of halogens is 2. The molecule has 1 rings (SSSR count). The molecular formula is C12H20Br2S. The maximum absolute atomic E-state index is 3.57. The number of aryl methyl sites for hydroxylation is 1. The van der Waals surface area contributed by atoms with Crippen LogP contribution < -0.4 is 0 Å². The van der Waals surface area contributed by atoms with E-state index in [4.69, 9.17) is 0 Å². The van der Waals surface area contributed by atoms with Gasteiger partial charge in [0.25, 0.3) is 0 Å². The Kier molecular flexibility index (Phi) is 10.3. The van der Waals surface area contributed by atoms with Gasteiger partial charge in [-0.3, -0.25) is 0 Å². The molecule has 0 saturated carbocycles. The summed E-state index contributed by atoms with van der Waals surface area (Å²) in [4.78, 5) is 0. The van der Waals surface area contributed by atoms with Crippen molar-refractivity contribution >= 4 is 43.2 Å². The topological polar surface area (TPSA) is 0 Å². The first kappa shape index (κ1) is 15.7. The van der Waals surface area contributed by atoms with Crippen LogP contribution in [0.5, 0.6) is 0 Å². The standard InChI is InChI=1S/C10H14Br2S.C2H6/c1-2-3-4-5-6-8-7-9(11)13-10(8)12;1-2/h7H,2-6H2,1H3;1-2H3. The van der Waals surface area contributed by atoms with E-state index in [1.807, 2.05) is 13.8 Å². The zero-order valence-corrected chi connectivity index (χ0v) is 13.8. The summed E-state index contributed by atoms with van der Waals surface area (Å²) in [7, 11) is 0. The van der Waals surface area contributed by atoms with E-state index < -0.39 is 0 Å². The number of hydrogen-bond donors (Lipinski definition) is 0. The Labute approximate surface area is 115 Å². The van der Waals surface area contributed by atoms with Crippen molar-refractivity contribution in [3.05, 3.63) is 19.2 Å². The summed E-state index contributed by atoms with van der Waals surface area (Å²) in [6.07, 6.45) is 6.56. The number of rotatable bonds is 5. The minimum Gasteiger partial charge on any atom is -0.121 e. The third-order valence-electron chi connectivity index (χ3n) is 2.03. The van der Waals surface area contributed by atoms with E-state index >= 15 is 0 Å². The van der Waals surface area contributed by atoms with E-state index in [0.717, 1.165) is 0 Å². The van der Waals surface area contributed by atoms with Gasteiger partial charge in [-0.15, -0.1) is 11.3 Å². The smallest absolute Gasteiger partial charge is 0.0742 e. The molecule has 0 aliphatic heterocycles. The minimum absolute atomic E-state index is 1.21. The maximum Gasteiger partial charge on any atom is 0.0742 e. The van der Waals surface area contributed by atoms with Gasteiger partial charge in [0.15, 0.2) is 0 Å². The van der Waals surface area contributed by atoms with E-state index in [1.165, 1.54) is 45.2 Å². The zero-order valence-electron chi connectivity index (χ0n) is 9.78. The molecule has 15 heavy (non-hydrogen) atoms. The van der Waals surface area contributed by atoms with Gasteiger partial charge in [-0.2, -0.15) is 0 Å². The number of unbranched alkanes of at least 4 members (excludes halogenated alkanes) is 3. The Morgan fingerprint density at radius 3 is 2.27 bits per heavy atom. The van der Waals surface area contributed by atoms with Gasteiger partial charge in [0, 0.05) is 0 Å². The van der Waals surface area contributed by atoms with Gasteiger partial charge in [0.1, 0.15) is 0 Å². The van der Waals surface area contributed by atoms with Gasteiger partial charge < -0.3 is 0 Å². The second-order valence-electron chi connectivity index (χ2n) is 3.16. The molecule has 3 heteroatoms. The first-order chi connectivity index (χ1) is 7.24. The third-order valence-corrected chi connectivity index (χ3v) is 4.49. The lowest BCUT2D eigenvalue weighted by Crippen LogP contribution is -1.83. The van der Waals surface area contributed by atoms with Crippen molar-refractivity contribution in [2.45, 2.75) is 52.9 Å². The zero-order chi connectivity index (χ0) is 11.7. The Morgan fingerprint density at radius 1 is 1.13 bits per heavy atom. The second-order valence-corrected chi connectivity index (χ2v) is 6.91. The molecule has 0 aliphatic rings. The highest BCUT2D eigenvalue weighted by Crippen LogP contribution is 2.32. The van der Waals surface area contributed by atoms with Crippen molar-refractivity contribution < 1.29 is 0 Å². The molecule has 0 unspecified atom stereocenters. The van der Waals surface area contributed by atoms with E-state index in [0.29, 0.717) is 0 Å². The summed E-state index contributed by atoms with van der Waals surface area (Å²) in [6, 6.07) is 2.22. The van der Waals surface area contributed by atoms with Crippen LogP contribution >= 0.6 is 43.2 Å². The van der Waals surface area contributed by atoms with Crippen LogP contribution in [0.2, 0.25) is 0 Å². The highest BCUT2D eigenvalue weighted by molar-refractivity contribution is 9.12. The summed E-state index contributed by atoms with van der Waals surface area (Å²) < 4.78 is 2.51. The average Bonchev–Trinajstić information content (AvgIpc) is 2.55. The molecule has 0 radical (unpaired) electrons. The van der Waals surface area contributed by atoms with E-state index in [1.54, 1.807) is 11.3 Å². The van der Waals surface area contributed by atoms with Crippen LogP contribution in [0.1, 0.15) is 52.0 Å². The van der Waals surface area contributed by atoms with E-state index in [9.17, 15) is 0 Å². The molecule has 0 aliphatic carbocycles. The van der Waals surface area contributed by atoms with Crippen molar-refractivity contribution in [2.24, 2.45) is 0 Å². The Hall–Kier alpha value is 0.660. The van der Waals surface area contributed by atoms with Crippen molar-refractivity contribution in [1.29, 1.82) is 0 Å². The predicted octanol–water partition coefficient (Wildman–Crippen LogP) is 6.42. The van der Waals surface area contributed by atoms with Gasteiger partial charge in [-0.1, -0.05) is 40.0 Å². The van der Waals surface area contributed by atoms with Crippen LogP contribution in [0.15, 0.2) is 13.6 Å². The molecule has 0 fully saturated rings. The van der Waals surface area contributed by atoms with Crippen LogP contribution in [0, 0.1) is 0 Å². The van der Waals surface area contributed by atoms with Gasteiger partial charge >= 0.3 is 0 Å². The van der Waals surface area contributed by atoms with Gasteiger partial charge in [0.2, 0.25) is 0 Å². The lowest BCUT2D eigenvalue weighted by atomic mass is 10.1. The molecule has 1 aromatic heterocycles. The minimum atomic E-state index is 1.21. The summed E-state index contributed by atoms with van der Waals surface area (Å²) >= 11 is 8.84. The summed E-state index contributed by atoms with van der Waals surface area (Å²) in [6.45, 7) is 6.25. The molecule has 0 spiro atoms. The van der Waals surface area contributed by atoms with Crippen molar-refractivity contribution in [2.75, 3.05) is 0 Å². The van der Waals surface area contributed by atoms with Crippen LogP contribution in [0.4, 0.5) is 0 Å². The Balaban J connectivity index is 0.000000921. The molecule has 1 heterocycles. The fourth-order valence-electron chi connectivity index (χ4n) is 1.29. The summed E-state index contributed by atoms with van der Waals surface area (Å²) in [5.41, 5.74) is 1.45. The quantitative estimate of drug-likeness (QED) is 0.534. The van der Waals surface area contributed by atoms with E-state index in [-0.39, 0.29) is 0 Å². The molecule has 88 valence electrons. The molecule has 0 bridgehead atoms. The second kappa shape index (κ2) is 9.86. The van der Waals surface area contributed by atoms with Gasteiger partial charge in [-0.25, -0.2) is 0 Å². The normalized spacial score (nSPS) is 9.67. The monoisotopic (exact) mass is 354 g/mol. The highest BCUT2D eigenvalue weighted by Gasteiger charge is 2.03. The first-order valence-electron chi connectivity index (χ1n) is 5.67. The number of thiophene rings is 1. The molecule has 0 aromatic carbocycles. The fraction of sp³-hybridized carbons (Fsp3) is 0.667. The summed E-state index contributed by atoms with van der Waals surface area (Å²) in [5.74, 6) is 0. The molecule has 0 amide bonds. The maximum atomic E-state index is 3.57. The van der Waals surface area contributed by atoms with E-state index in [2.05, 4.69) is 44.8 Å². The summed E-state index contributed by atoms with van der Waals surface area (Å²) in [5, 5.41) is 0. The number of hydrogen-bond acceptors (Lipinski definition) is 1. The van der Waals surface area contributed by atoms with Crippen LogP contribution in [-0.4, -0.2) is 0 Å². The average molecular weight is 356 g/mol. The predicted molar refractivity (Wildman–Crippen MR) is 78.9 cm³/mol. The Bertz CT molecular complexity index is 256. The molecule has 1 aromatic rings. The lowest BCUT2D eigenvalue weighted by Gasteiger charge is -1.98. The molecule has 0 N–H and O–H groups in total. The van der Waals surface area contributed by atoms with Crippen molar-refractivity contribution in [3.8, 4) is 0 Å². The SMILES string of the molecule is CC.CCCCCCc1cc(Br)sc1Br. The fourth-order valence-corrected chi connectivity index (χ4v) is 4.20. The first-order valence-corrected chi connectivity index (χ1v) is 8.08. The molecule has 0 saturated heterocycles. The molecular weight excluding hydrogens is 336 g/mol.